The number of rotatable bonds is 1. The fraction of sp³-hybridized carbons (Fsp3) is 0.143. The van der Waals surface area contributed by atoms with Crippen LogP contribution in [0, 0.1) is 5.82 Å². The molecule has 0 aliphatic carbocycles. The van der Waals surface area contributed by atoms with Crippen LogP contribution >= 0.6 is 0 Å². The highest BCUT2D eigenvalue weighted by Gasteiger charge is 2.35. The molecule has 0 atom stereocenters. The number of alkyl halides is 6. The number of aromatic amines is 1. The summed E-state index contributed by atoms with van der Waals surface area (Å²) in [7, 11) is 0. The first-order valence-corrected chi connectivity index (χ1v) is 6.36. The lowest BCUT2D eigenvalue weighted by Gasteiger charge is -2.06. The second-order valence-electron chi connectivity index (χ2n) is 4.86. The molecule has 0 amide bonds. The smallest absolute Gasteiger partial charge is 0.338 e. The second kappa shape index (κ2) is 5.18. The Morgan fingerprint density at radius 3 is 2.17 bits per heavy atom. The number of benzene rings is 1. The Kier molecular flexibility index (Phi) is 3.50. The largest absolute Gasteiger partial charge is 0.433 e. The maximum Gasteiger partial charge on any atom is 0.433 e. The van der Waals surface area contributed by atoms with Crippen LogP contribution in [-0.2, 0) is 12.4 Å². The van der Waals surface area contributed by atoms with E-state index in [9.17, 15) is 30.7 Å². The number of nitrogens with one attached hydrogen (secondary N) is 1. The number of nitrogens with zero attached hydrogens (tertiary/aromatic N) is 2. The highest BCUT2D eigenvalue weighted by molar-refractivity contribution is 5.80. The molecule has 0 saturated heterocycles. The zero-order chi connectivity index (χ0) is 17.7. The van der Waals surface area contributed by atoms with E-state index in [1.165, 1.54) is 0 Å². The van der Waals surface area contributed by atoms with Crippen molar-refractivity contribution in [3.63, 3.8) is 0 Å². The minimum absolute atomic E-state index is 0.0182. The number of pyridine rings is 1. The fourth-order valence-corrected chi connectivity index (χ4v) is 2.09. The summed E-state index contributed by atoms with van der Waals surface area (Å²) in [5, 5.41) is 0. The van der Waals surface area contributed by atoms with Gasteiger partial charge < -0.3 is 4.98 Å². The Balaban J connectivity index is 2.05. The van der Waals surface area contributed by atoms with Gasteiger partial charge in [0.1, 0.15) is 17.3 Å². The van der Waals surface area contributed by atoms with Gasteiger partial charge in [0, 0.05) is 17.8 Å². The Morgan fingerprint density at radius 1 is 0.917 bits per heavy atom. The van der Waals surface area contributed by atoms with E-state index in [0.717, 1.165) is 12.3 Å². The summed E-state index contributed by atoms with van der Waals surface area (Å²) in [4.78, 5) is 9.63. The molecule has 2 aromatic heterocycles. The molecule has 2 heterocycles. The van der Waals surface area contributed by atoms with Crippen molar-refractivity contribution in [2.24, 2.45) is 0 Å². The third-order valence-electron chi connectivity index (χ3n) is 3.20. The molecular formula is C14H6F7N3. The van der Waals surface area contributed by atoms with Crippen LogP contribution in [0.25, 0.3) is 22.4 Å². The molecule has 0 spiro atoms. The molecule has 0 fully saturated rings. The topological polar surface area (TPSA) is 41.6 Å². The van der Waals surface area contributed by atoms with Crippen molar-refractivity contribution >= 4 is 11.0 Å². The maximum absolute atomic E-state index is 13.5. The van der Waals surface area contributed by atoms with Crippen LogP contribution in [0.3, 0.4) is 0 Å². The molecular weight excluding hydrogens is 343 g/mol. The van der Waals surface area contributed by atoms with Gasteiger partial charge in [-0.25, -0.2) is 9.37 Å². The summed E-state index contributed by atoms with van der Waals surface area (Å²) in [6.07, 6.45) is -8.62. The van der Waals surface area contributed by atoms with Crippen molar-refractivity contribution in [1.29, 1.82) is 0 Å². The van der Waals surface area contributed by atoms with Gasteiger partial charge in [0.05, 0.1) is 16.6 Å². The lowest BCUT2D eigenvalue weighted by molar-refractivity contribution is -0.141. The molecule has 3 rings (SSSR count). The quantitative estimate of drug-likeness (QED) is 0.641. The van der Waals surface area contributed by atoms with Crippen molar-refractivity contribution in [2.75, 3.05) is 0 Å². The van der Waals surface area contributed by atoms with E-state index in [4.69, 9.17) is 0 Å². The van der Waals surface area contributed by atoms with Gasteiger partial charge >= 0.3 is 12.4 Å². The van der Waals surface area contributed by atoms with Gasteiger partial charge in [-0.15, -0.1) is 0 Å². The van der Waals surface area contributed by atoms with E-state index >= 15 is 0 Å². The van der Waals surface area contributed by atoms with Gasteiger partial charge in [-0.05, 0) is 18.2 Å². The fourth-order valence-electron chi connectivity index (χ4n) is 2.09. The summed E-state index contributed by atoms with van der Waals surface area (Å²) in [5.74, 6) is -1.50. The predicted molar refractivity (Wildman–Crippen MR) is 69.3 cm³/mol. The maximum atomic E-state index is 13.5. The van der Waals surface area contributed by atoms with Crippen LogP contribution in [0.2, 0.25) is 0 Å². The van der Waals surface area contributed by atoms with E-state index < -0.39 is 29.4 Å². The molecule has 0 bridgehead atoms. The van der Waals surface area contributed by atoms with Crippen molar-refractivity contribution < 1.29 is 30.7 Å². The van der Waals surface area contributed by atoms with Gasteiger partial charge in [0.2, 0.25) is 0 Å². The molecule has 1 N–H and O–H groups in total. The van der Waals surface area contributed by atoms with Gasteiger partial charge in [0.15, 0.2) is 0 Å². The Hall–Kier alpha value is -2.65. The molecule has 24 heavy (non-hydrogen) atoms. The first-order chi connectivity index (χ1) is 11.1. The third-order valence-corrected chi connectivity index (χ3v) is 3.20. The van der Waals surface area contributed by atoms with Crippen LogP contribution in [0.1, 0.15) is 11.3 Å². The molecule has 0 aliphatic heterocycles. The minimum atomic E-state index is -4.88. The number of imidazole rings is 1. The minimum Gasteiger partial charge on any atom is -0.338 e. The van der Waals surface area contributed by atoms with Crippen molar-refractivity contribution in [2.45, 2.75) is 12.4 Å². The SMILES string of the molecule is Fc1cc2[nH]c(-c3ccc(C(F)(F)F)nc3)nc2cc1C(F)(F)F. The number of hydrogen-bond donors (Lipinski definition) is 1. The van der Waals surface area contributed by atoms with Crippen LogP contribution in [0.4, 0.5) is 30.7 Å². The lowest BCUT2D eigenvalue weighted by Crippen LogP contribution is -2.07. The first-order valence-electron chi connectivity index (χ1n) is 6.36. The van der Waals surface area contributed by atoms with E-state index in [1.807, 2.05) is 0 Å². The molecule has 3 nitrogen and oxygen atoms in total. The van der Waals surface area contributed by atoms with E-state index in [-0.39, 0.29) is 22.4 Å². The molecule has 3 aromatic rings. The van der Waals surface area contributed by atoms with Gasteiger partial charge in [-0.1, -0.05) is 0 Å². The summed E-state index contributed by atoms with van der Waals surface area (Å²) in [6.45, 7) is 0. The van der Waals surface area contributed by atoms with Gasteiger partial charge in [-0.3, -0.25) is 4.98 Å². The van der Waals surface area contributed by atoms with Crippen LogP contribution in [0.15, 0.2) is 30.5 Å². The Morgan fingerprint density at radius 2 is 1.62 bits per heavy atom. The third kappa shape index (κ3) is 2.91. The number of halogens is 7. The zero-order valence-electron chi connectivity index (χ0n) is 11.4. The number of hydrogen-bond acceptors (Lipinski definition) is 2. The molecule has 10 heteroatoms. The summed E-state index contributed by atoms with van der Waals surface area (Å²) >= 11 is 0. The summed E-state index contributed by atoms with van der Waals surface area (Å²) in [6, 6.07) is 2.94. The van der Waals surface area contributed by atoms with E-state index in [2.05, 4.69) is 15.0 Å². The molecule has 1 aromatic carbocycles. The highest BCUT2D eigenvalue weighted by Crippen LogP contribution is 2.34. The average Bonchev–Trinajstić information content (AvgIpc) is 2.87. The van der Waals surface area contributed by atoms with Crippen LogP contribution in [-0.4, -0.2) is 15.0 Å². The molecule has 0 saturated carbocycles. The summed E-state index contributed by atoms with van der Waals surface area (Å²) < 4.78 is 88.9. The van der Waals surface area contributed by atoms with E-state index in [0.29, 0.717) is 18.2 Å². The van der Waals surface area contributed by atoms with Crippen LogP contribution in [0.5, 0.6) is 0 Å². The molecule has 0 radical (unpaired) electrons. The number of fused-ring (bicyclic) bond motifs is 1. The Bertz CT molecular complexity index is 892. The normalized spacial score (nSPS) is 12.8. The zero-order valence-corrected chi connectivity index (χ0v) is 11.4. The monoisotopic (exact) mass is 349 g/mol. The van der Waals surface area contributed by atoms with Crippen molar-refractivity contribution in [3.8, 4) is 11.4 Å². The van der Waals surface area contributed by atoms with Gasteiger partial charge in [0.25, 0.3) is 0 Å². The lowest BCUT2D eigenvalue weighted by atomic mass is 10.2. The standard InChI is InChI=1S/C14H6F7N3/c15-8-4-10-9(3-7(8)13(16,17)18)23-12(24-10)6-1-2-11(22-5-6)14(19,20)21/h1-5H,(H,23,24). The Labute approximate surface area is 129 Å². The van der Waals surface area contributed by atoms with Gasteiger partial charge in [-0.2, -0.15) is 26.3 Å². The molecule has 126 valence electrons. The first kappa shape index (κ1) is 16.2. The highest BCUT2D eigenvalue weighted by atomic mass is 19.4. The molecule has 0 aliphatic rings. The molecule has 0 unspecified atom stereocenters. The van der Waals surface area contributed by atoms with Crippen molar-refractivity contribution in [3.05, 3.63) is 47.5 Å². The summed E-state index contributed by atoms with van der Waals surface area (Å²) in [5.41, 5.74) is -2.66. The second-order valence-corrected chi connectivity index (χ2v) is 4.86. The van der Waals surface area contributed by atoms with E-state index in [1.54, 1.807) is 0 Å². The van der Waals surface area contributed by atoms with Crippen LogP contribution < -0.4 is 0 Å². The average molecular weight is 349 g/mol. The van der Waals surface area contributed by atoms with Crippen molar-refractivity contribution in [1.82, 2.24) is 15.0 Å². The number of H-pyrrole nitrogens is 1. The number of aromatic nitrogens is 3. The predicted octanol–water partition coefficient (Wildman–Crippen LogP) is 4.80.